The summed E-state index contributed by atoms with van der Waals surface area (Å²) in [6.45, 7) is 4.25. The predicted octanol–water partition coefficient (Wildman–Crippen LogP) is 8.08. The van der Waals surface area contributed by atoms with Gasteiger partial charge in [0.1, 0.15) is 5.75 Å². The molecule has 0 aromatic heterocycles. The molecule has 2 aromatic carbocycles. The number of rotatable bonds is 15. The van der Waals surface area contributed by atoms with Gasteiger partial charge in [0.25, 0.3) is 0 Å². The molecule has 0 saturated carbocycles. The Labute approximate surface area is 189 Å². The van der Waals surface area contributed by atoms with Crippen LogP contribution < -0.4 is 4.74 Å². The van der Waals surface area contributed by atoms with E-state index in [2.05, 4.69) is 13.0 Å². The number of ether oxygens (including phenoxy) is 2. The third-order valence-electron chi connectivity index (χ3n) is 5.94. The number of aryl methyl sites for hydroxylation is 1. The zero-order valence-electron chi connectivity index (χ0n) is 19.7. The number of hydrogen-bond acceptors (Lipinski definition) is 3. The first-order chi connectivity index (χ1) is 15.2. The summed E-state index contributed by atoms with van der Waals surface area (Å²) in [5.41, 5.74) is 2.71. The second-order valence-electron chi connectivity index (χ2n) is 8.43. The molecule has 0 amide bonds. The smallest absolute Gasteiger partial charge is 0.343 e. The largest absolute Gasteiger partial charge is 0.423 e. The van der Waals surface area contributed by atoms with Gasteiger partial charge in [-0.1, -0.05) is 95.0 Å². The van der Waals surface area contributed by atoms with Gasteiger partial charge in [-0.25, -0.2) is 4.79 Å². The molecule has 3 nitrogen and oxygen atoms in total. The van der Waals surface area contributed by atoms with Crippen LogP contribution >= 0.6 is 0 Å². The molecule has 3 heteroatoms. The molecule has 0 spiro atoms. The van der Waals surface area contributed by atoms with Gasteiger partial charge < -0.3 is 9.47 Å². The van der Waals surface area contributed by atoms with E-state index < -0.39 is 0 Å². The molecule has 0 aliphatic rings. The van der Waals surface area contributed by atoms with Crippen molar-refractivity contribution in [1.29, 1.82) is 0 Å². The van der Waals surface area contributed by atoms with Gasteiger partial charge in [0.15, 0.2) is 0 Å². The van der Waals surface area contributed by atoms with Crippen molar-refractivity contribution >= 4 is 5.97 Å². The summed E-state index contributed by atoms with van der Waals surface area (Å²) in [4.78, 5) is 12.6. The van der Waals surface area contributed by atoms with Crippen molar-refractivity contribution < 1.29 is 14.3 Å². The molecule has 0 fully saturated rings. The van der Waals surface area contributed by atoms with Crippen molar-refractivity contribution in [2.24, 2.45) is 0 Å². The fraction of sp³-hybridized carbons (Fsp3) is 0.536. The van der Waals surface area contributed by atoms with Crippen LogP contribution in [-0.2, 0) is 11.2 Å². The summed E-state index contributed by atoms with van der Waals surface area (Å²) in [5.74, 6) is 0.366. The van der Waals surface area contributed by atoms with E-state index in [1.54, 1.807) is 19.2 Å². The molecule has 0 aliphatic heterocycles. The Balaban J connectivity index is 1.75. The Morgan fingerprint density at radius 3 is 2.00 bits per heavy atom. The molecular weight excluding hydrogens is 384 g/mol. The zero-order chi connectivity index (χ0) is 22.3. The molecule has 0 aliphatic carbocycles. The lowest BCUT2D eigenvalue weighted by molar-refractivity contribution is 0.0732. The molecule has 1 unspecified atom stereocenters. The Morgan fingerprint density at radius 1 is 0.806 bits per heavy atom. The summed E-state index contributed by atoms with van der Waals surface area (Å²) < 4.78 is 11.1. The summed E-state index contributed by atoms with van der Waals surface area (Å²) in [6, 6.07) is 15.3. The Hall–Kier alpha value is -2.13. The molecule has 0 heterocycles. The van der Waals surface area contributed by atoms with Gasteiger partial charge in [-0.2, -0.15) is 0 Å². The highest BCUT2D eigenvalue weighted by molar-refractivity contribution is 5.91. The number of para-hydroxylation sites is 1. The molecule has 0 N–H and O–H groups in total. The topological polar surface area (TPSA) is 35.5 Å². The maximum atomic E-state index is 12.6. The van der Waals surface area contributed by atoms with Crippen LogP contribution in [-0.4, -0.2) is 13.1 Å². The molecule has 170 valence electrons. The van der Waals surface area contributed by atoms with Gasteiger partial charge in [0, 0.05) is 7.11 Å². The maximum Gasteiger partial charge on any atom is 0.343 e. The SMILES string of the molecule is CCCCCCCCCCCCc1ccccc1OC(=O)c1ccc(C(C)OC)cc1. The highest BCUT2D eigenvalue weighted by Crippen LogP contribution is 2.23. The lowest BCUT2D eigenvalue weighted by atomic mass is 10.0. The van der Waals surface area contributed by atoms with E-state index in [-0.39, 0.29) is 12.1 Å². The van der Waals surface area contributed by atoms with E-state index in [1.165, 1.54) is 57.8 Å². The van der Waals surface area contributed by atoms with Crippen molar-refractivity contribution in [2.75, 3.05) is 7.11 Å². The van der Waals surface area contributed by atoms with Crippen LogP contribution in [0.1, 0.15) is 106 Å². The minimum atomic E-state index is -0.313. The standard InChI is InChI=1S/C28H40O3/c1-4-5-6-7-8-9-10-11-12-13-16-25-17-14-15-18-27(25)31-28(29)26-21-19-24(20-22-26)23(2)30-3/h14-15,17-23H,4-13,16H2,1-3H3. The second kappa shape index (κ2) is 14.8. The van der Waals surface area contributed by atoms with E-state index in [9.17, 15) is 4.79 Å². The molecule has 2 rings (SSSR count). The number of benzene rings is 2. The quantitative estimate of drug-likeness (QED) is 0.165. The van der Waals surface area contributed by atoms with Gasteiger partial charge in [-0.3, -0.25) is 0 Å². The zero-order valence-corrected chi connectivity index (χ0v) is 19.7. The van der Waals surface area contributed by atoms with Crippen LogP contribution in [0.4, 0.5) is 0 Å². The van der Waals surface area contributed by atoms with Gasteiger partial charge >= 0.3 is 5.97 Å². The van der Waals surface area contributed by atoms with Gasteiger partial charge in [0.2, 0.25) is 0 Å². The van der Waals surface area contributed by atoms with Crippen LogP contribution in [0.3, 0.4) is 0 Å². The minimum absolute atomic E-state index is 0.00635. The summed E-state index contributed by atoms with van der Waals surface area (Å²) in [5, 5.41) is 0. The van der Waals surface area contributed by atoms with Crippen LogP contribution in [0.2, 0.25) is 0 Å². The van der Waals surface area contributed by atoms with E-state index in [0.717, 1.165) is 24.0 Å². The highest BCUT2D eigenvalue weighted by atomic mass is 16.5. The van der Waals surface area contributed by atoms with E-state index in [4.69, 9.17) is 9.47 Å². The van der Waals surface area contributed by atoms with Crippen molar-refractivity contribution in [1.82, 2.24) is 0 Å². The van der Waals surface area contributed by atoms with E-state index in [0.29, 0.717) is 11.3 Å². The normalized spacial score (nSPS) is 12.0. The Bertz CT molecular complexity index is 751. The van der Waals surface area contributed by atoms with Crippen LogP contribution in [0.15, 0.2) is 48.5 Å². The van der Waals surface area contributed by atoms with Crippen molar-refractivity contribution in [3.63, 3.8) is 0 Å². The summed E-state index contributed by atoms with van der Waals surface area (Å²) in [6.07, 6.45) is 14.2. The first-order valence-electron chi connectivity index (χ1n) is 12.1. The third-order valence-corrected chi connectivity index (χ3v) is 5.94. The lowest BCUT2D eigenvalue weighted by Crippen LogP contribution is -2.10. The number of esters is 1. The molecule has 2 aromatic rings. The fourth-order valence-corrected chi connectivity index (χ4v) is 3.80. The summed E-state index contributed by atoms with van der Waals surface area (Å²) in [7, 11) is 1.68. The average molecular weight is 425 g/mol. The van der Waals surface area contributed by atoms with Gasteiger partial charge in [-0.05, 0) is 49.1 Å². The molecule has 1 atom stereocenters. The minimum Gasteiger partial charge on any atom is -0.423 e. The predicted molar refractivity (Wildman–Crippen MR) is 129 cm³/mol. The van der Waals surface area contributed by atoms with Crippen LogP contribution in [0.5, 0.6) is 5.75 Å². The van der Waals surface area contributed by atoms with Crippen LogP contribution in [0.25, 0.3) is 0 Å². The second-order valence-corrected chi connectivity index (χ2v) is 8.43. The number of methoxy groups -OCH3 is 1. The third kappa shape index (κ3) is 9.26. The van der Waals surface area contributed by atoms with Crippen molar-refractivity contribution in [3.05, 3.63) is 65.2 Å². The number of carbonyl (C=O) groups is 1. The molecule has 0 bridgehead atoms. The highest BCUT2D eigenvalue weighted by Gasteiger charge is 2.12. The average Bonchev–Trinajstić information content (AvgIpc) is 2.80. The van der Waals surface area contributed by atoms with E-state index in [1.807, 2.05) is 37.3 Å². The van der Waals surface area contributed by atoms with Crippen molar-refractivity contribution in [3.8, 4) is 5.75 Å². The van der Waals surface area contributed by atoms with E-state index >= 15 is 0 Å². The monoisotopic (exact) mass is 424 g/mol. The molecule has 0 saturated heterocycles. The lowest BCUT2D eigenvalue weighted by Gasteiger charge is -2.12. The van der Waals surface area contributed by atoms with Gasteiger partial charge in [-0.15, -0.1) is 0 Å². The molecule has 31 heavy (non-hydrogen) atoms. The number of unbranched alkanes of at least 4 members (excludes halogenated alkanes) is 9. The van der Waals surface area contributed by atoms with Gasteiger partial charge in [0.05, 0.1) is 11.7 Å². The fourth-order valence-electron chi connectivity index (χ4n) is 3.80. The summed E-state index contributed by atoms with van der Waals surface area (Å²) >= 11 is 0. The number of hydrogen-bond donors (Lipinski definition) is 0. The first-order valence-corrected chi connectivity index (χ1v) is 12.1. The van der Waals surface area contributed by atoms with Crippen LogP contribution in [0, 0.1) is 0 Å². The maximum absolute atomic E-state index is 12.6. The Morgan fingerprint density at radius 2 is 1.39 bits per heavy atom. The Kier molecular flexibility index (Phi) is 12.0. The van der Waals surface area contributed by atoms with Crippen molar-refractivity contribution in [2.45, 2.75) is 90.6 Å². The molecular formula is C28H40O3. The first kappa shape index (κ1) is 25.1. The number of carbonyl (C=O) groups excluding carboxylic acids is 1. The molecule has 0 radical (unpaired) electrons.